The van der Waals surface area contributed by atoms with Crippen LogP contribution >= 0.6 is 0 Å². The third-order valence-corrected chi connectivity index (χ3v) is 3.96. The van der Waals surface area contributed by atoms with Crippen molar-refractivity contribution in [2.24, 2.45) is 7.05 Å². The van der Waals surface area contributed by atoms with Gasteiger partial charge < -0.3 is 9.15 Å². The summed E-state index contributed by atoms with van der Waals surface area (Å²) in [7, 11) is 3.22. The summed E-state index contributed by atoms with van der Waals surface area (Å²) in [5.41, 5.74) is 2.71. The zero-order valence-electron chi connectivity index (χ0n) is 12.4. The van der Waals surface area contributed by atoms with E-state index in [0.717, 1.165) is 23.9 Å². The van der Waals surface area contributed by atoms with Crippen LogP contribution in [0.5, 0.6) is 0 Å². The number of esters is 1. The van der Waals surface area contributed by atoms with Crippen molar-refractivity contribution in [3.05, 3.63) is 35.7 Å². The maximum Gasteiger partial charge on any atom is 0.338 e. The minimum Gasteiger partial charge on any atom is -0.465 e. The van der Waals surface area contributed by atoms with Gasteiger partial charge in [-0.25, -0.2) is 9.78 Å². The number of fused-ring (bicyclic) bond motifs is 1. The molecule has 22 heavy (non-hydrogen) atoms. The van der Waals surface area contributed by atoms with E-state index in [4.69, 9.17) is 9.15 Å². The number of carbonyl (C=O) groups excluding carboxylic acids is 1. The second kappa shape index (κ2) is 4.69. The third kappa shape index (κ3) is 1.91. The normalized spacial score (nSPS) is 14.5. The Bertz CT molecular complexity index is 861. The molecule has 0 spiro atoms. The van der Waals surface area contributed by atoms with E-state index in [2.05, 4.69) is 10.1 Å². The molecular weight excluding hydrogens is 282 g/mol. The number of aryl methyl sites for hydroxylation is 1. The Morgan fingerprint density at radius 3 is 2.91 bits per heavy atom. The first-order valence-corrected chi connectivity index (χ1v) is 7.19. The van der Waals surface area contributed by atoms with E-state index in [1.807, 2.05) is 13.1 Å². The van der Waals surface area contributed by atoms with Crippen molar-refractivity contribution >= 4 is 17.0 Å². The first kappa shape index (κ1) is 13.1. The number of ether oxygens (including phenoxy) is 1. The lowest BCUT2D eigenvalue weighted by Crippen LogP contribution is -2.04. The molecule has 3 heterocycles. The second-order valence-corrected chi connectivity index (χ2v) is 5.51. The third-order valence-electron chi connectivity index (χ3n) is 3.96. The minimum absolute atomic E-state index is 0.380. The zero-order valence-corrected chi connectivity index (χ0v) is 12.4. The van der Waals surface area contributed by atoms with Gasteiger partial charge in [-0.1, -0.05) is 0 Å². The molecule has 0 amide bonds. The largest absolute Gasteiger partial charge is 0.465 e. The molecule has 0 N–H and O–H groups in total. The maximum atomic E-state index is 12.2. The predicted octanol–water partition coefficient (Wildman–Crippen LogP) is 2.89. The van der Waals surface area contributed by atoms with Gasteiger partial charge in [0.05, 0.1) is 30.0 Å². The fourth-order valence-electron chi connectivity index (χ4n) is 2.74. The van der Waals surface area contributed by atoms with E-state index in [9.17, 15) is 4.79 Å². The number of carbonyl (C=O) groups is 1. The fraction of sp³-hybridized carbons (Fsp3) is 0.312. The molecule has 0 aliphatic heterocycles. The summed E-state index contributed by atoms with van der Waals surface area (Å²) in [6.07, 6.45) is 3.79. The molecule has 1 saturated carbocycles. The van der Waals surface area contributed by atoms with Crippen LogP contribution in [0.25, 0.3) is 22.5 Å². The van der Waals surface area contributed by atoms with Gasteiger partial charge in [0.25, 0.3) is 0 Å². The lowest BCUT2D eigenvalue weighted by Gasteiger charge is -2.05. The smallest absolute Gasteiger partial charge is 0.338 e. The van der Waals surface area contributed by atoms with Crippen molar-refractivity contribution in [2.45, 2.75) is 18.8 Å². The Morgan fingerprint density at radius 2 is 2.27 bits per heavy atom. The van der Waals surface area contributed by atoms with Crippen LogP contribution in [-0.2, 0) is 11.8 Å². The molecule has 1 fully saturated rings. The van der Waals surface area contributed by atoms with Gasteiger partial charge >= 0.3 is 5.97 Å². The molecular formula is C16H15N3O3. The van der Waals surface area contributed by atoms with E-state index in [1.54, 1.807) is 23.1 Å². The molecule has 112 valence electrons. The van der Waals surface area contributed by atoms with Gasteiger partial charge in [0.1, 0.15) is 5.69 Å². The second-order valence-electron chi connectivity index (χ2n) is 5.51. The summed E-state index contributed by atoms with van der Waals surface area (Å²) >= 11 is 0. The van der Waals surface area contributed by atoms with Gasteiger partial charge in [-0.3, -0.25) is 4.68 Å². The van der Waals surface area contributed by atoms with Crippen LogP contribution in [0.15, 0.2) is 28.9 Å². The van der Waals surface area contributed by atoms with E-state index in [1.165, 1.54) is 7.11 Å². The fourth-order valence-corrected chi connectivity index (χ4v) is 2.74. The standard InChI is InChI=1S/C16H15N3O3/c1-19-15-13(14(18-19)9-5-6-9)10(16(20)21-2)8-11(17-15)12-4-3-7-22-12/h3-4,7-9H,5-6H2,1-2H3. The van der Waals surface area contributed by atoms with Crippen LogP contribution in [0.4, 0.5) is 0 Å². The Balaban J connectivity index is 2.03. The molecule has 3 aromatic rings. The van der Waals surface area contributed by atoms with Crippen molar-refractivity contribution in [3.63, 3.8) is 0 Å². The number of aromatic nitrogens is 3. The molecule has 6 nitrogen and oxygen atoms in total. The summed E-state index contributed by atoms with van der Waals surface area (Å²) in [6.45, 7) is 0. The van der Waals surface area contributed by atoms with Crippen LogP contribution in [0.3, 0.4) is 0 Å². The van der Waals surface area contributed by atoms with Gasteiger partial charge in [-0.15, -0.1) is 0 Å². The molecule has 0 radical (unpaired) electrons. The molecule has 0 aromatic carbocycles. The highest BCUT2D eigenvalue weighted by molar-refractivity contribution is 6.05. The summed E-state index contributed by atoms with van der Waals surface area (Å²) in [6, 6.07) is 5.33. The minimum atomic E-state index is -0.380. The molecule has 0 saturated heterocycles. The molecule has 1 aliphatic carbocycles. The predicted molar refractivity (Wildman–Crippen MR) is 79.5 cm³/mol. The first-order valence-electron chi connectivity index (χ1n) is 7.19. The molecule has 3 aromatic heterocycles. The highest BCUT2D eigenvalue weighted by atomic mass is 16.5. The van der Waals surface area contributed by atoms with Crippen LogP contribution in [-0.4, -0.2) is 27.8 Å². The lowest BCUT2D eigenvalue weighted by molar-refractivity contribution is 0.0603. The van der Waals surface area contributed by atoms with Crippen LogP contribution < -0.4 is 0 Å². The quantitative estimate of drug-likeness (QED) is 0.695. The summed E-state index contributed by atoms with van der Waals surface area (Å²) in [5.74, 6) is 0.653. The molecule has 0 atom stereocenters. The van der Waals surface area contributed by atoms with E-state index in [0.29, 0.717) is 28.6 Å². The number of methoxy groups -OCH3 is 1. The van der Waals surface area contributed by atoms with Crippen LogP contribution in [0.1, 0.15) is 34.8 Å². The number of hydrogen-bond donors (Lipinski definition) is 0. The Morgan fingerprint density at radius 1 is 1.45 bits per heavy atom. The van der Waals surface area contributed by atoms with E-state index >= 15 is 0 Å². The van der Waals surface area contributed by atoms with E-state index < -0.39 is 0 Å². The SMILES string of the molecule is COC(=O)c1cc(-c2ccco2)nc2c1c(C1CC1)nn2C. The van der Waals surface area contributed by atoms with Gasteiger partial charge in [0.2, 0.25) is 0 Å². The monoisotopic (exact) mass is 297 g/mol. The molecule has 6 heteroatoms. The average molecular weight is 297 g/mol. The summed E-state index contributed by atoms with van der Waals surface area (Å²) in [5, 5.41) is 5.37. The number of nitrogens with zero attached hydrogens (tertiary/aromatic N) is 3. The Labute approximate surface area is 126 Å². The maximum absolute atomic E-state index is 12.2. The highest BCUT2D eigenvalue weighted by Crippen LogP contribution is 2.43. The van der Waals surface area contributed by atoms with Crippen molar-refractivity contribution < 1.29 is 13.9 Å². The summed E-state index contributed by atoms with van der Waals surface area (Å²) in [4.78, 5) is 16.9. The summed E-state index contributed by atoms with van der Waals surface area (Å²) < 4.78 is 12.1. The Kier molecular flexibility index (Phi) is 2.79. The van der Waals surface area contributed by atoms with Crippen LogP contribution in [0, 0.1) is 0 Å². The Hall–Kier alpha value is -2.63. The van der Waals surface area contributed by atoms with Gasteiger partial charge in [-0.05, 0) is 31.0 Å². The van der Waals surface area contributed by atoms with E-state index in [-0.39, 0.29) is 5.97 Å². The van der Waals surface area contributed by atoms with Crippen molar-refractivity contribution in [2.75, 3.05) is 7.11 Å². The van der Waals surface area contributed by atoms with Gasteiger partial charge in [0.15, 0.2) is 11.4 Å². The molecule has 1 aliphatic rings. The highest BCUT2D eigenvalue weighted by Gasteiger charge is 2.32. The van der Waals surface area contributed by atoms with Gasteiger partial charge in [0, 0.05) is 13.0 Å². The molecule has 0 unspecified atom stereocenters. The van der Waals surface area contributed by atoms with Crippen molar-refractivity contribution in [3.8, 4) is 11.5 Å². The number of rotatable bonds is 3. The average Bonchev–Trinajstić information content (AvgIpc) is 3.12. The lowest BCUT2D eigenvalue weighted by atomic mass is 10.1. The molecule has 0 bridgehead atoms. The number of pyridine rings is 1. The molecule has 4 rings (SSSR count). The van der Waals surface area contributed by atoms with Crippen molar-refractivity contribution in [1.82, 2.24) is 14.8 Å². The number of hydrogen-bond acceptors (Lipinski definition) is 5. The number of furan rings is 1. The van der Waals surface area contributed by atoms with Crippen LogP contribution in [0.2, 0.25) is 0 Å². The zero-order chi connectivity index (χ0) is 15.3. The van der Waals surface area contributed by atoms with Crippen molar-refractivity contribution in [1.29, 1.82) is 0 Å². The first-order chi connectivity index (χ1) is 10.7. The topological polar surface area (TPSA) is 70.2 Å². The van der Waals surface area contributed by atoms with Gasteiger partial charge in [-0.2, -0.15) is 5.10 Å².